The van der Waals surface area contributed by atoms with Crippen LogP contribution in [0.5, 0.6) is 0 Å². The minimum atomic E-state index is 0.481. The minimum Gasteiger partial charge on any atom is -0.385 e. The van der Waals surface area contributed by atoms with Crippen molar-refractivity contribution in [2.45, 2.75) is 12.3 Å². The number of ether oxygens (including phenoxy) is 2. The molecule has 0 aliphatic heterocycles. The molecule has 0 aliphatic carbocycles. The van der Waals surface area contributed by atoms with Gasteiger partial charge in [-0.15, -0.1) is 0 Å². The molecule has 1 aromatic carbocycles. The molecule has 1 unspecified atom stereocenters. The maximum absolute atomic E-state index is 5.18. The Morgan fingerprint density at radius 3 is 2.39 bits per heavy atom. The Labute approximate surface area is 118 Å². The zero-order chi connectivity index (χ0) is 13.2. The molecular weight excluding hydrogens is 294 g/mol. The van der Waals surface area contributed by atoms with Crippen LogP contribution in [0.1, 0.15) is 17.9 Å². The summed E-state index contributed by atoms with van der Waals surface area (Å²) in [6, 6.07) is 8.51. The van der Waals surface area contributed by atoms with E-state index in [4.69, 9.17) is 9.47 Å². The van der Waals surface area contributed by atoms with E-state index in [9.17, 15) is 0 Å². The summed E-state index contributed by atoms with van der Waals surface area (Å²) in [5, 5.41) is 3.42. The summed E-state index contributed by atoms with van der Waals surface area (Å²) < 4.78 is 11.3. The lowest BCUT2D eigenvalue weighted by Gasteiger charge is -2.18. The lowest BCUT2D eigenvalue weighted by molar-refractivity contribution is 0.183. The Bertz CT molecular complexity index is 316. The number of hydrogen-bond donors (Lipinski definition) is 1. The van der Waals surface area contributed by atoms with Crippen LogP contribution in [0.2, 0.25) is 0 Å². The molecule has 1 rings (SSSR count). The first-order chi connectivity index (χ1) is 8.77. The molecule has 0 heterocycles. The van der Waals surface area contributed by atoms with E-state index in [0.29, 0.717) is 5.92 Å². The second-order valence-electron chi connectivity index (χ2n) is 4.23. The quantitative estimate of drug-likeness (QED) is 0.711. The van der Waals surface area contributed by atoms with Crippen LogP contribution in [0.25, 0.3) is 0 Å². The van der Waals surface area contributed by atoms with Crippen molar-refractivity contribution < 1.29 is 9.47 Å². The Balaban J connectivity index is 2.51. The van der Waals surface area contributed by atoms with Crippen molar-refractivity contribution in [2.75, 3.05) is 40.5 Å². The first kappa shape index (κ1) is 15.6. The van der Waals surface area contributed by atoms with Crippen LogP contribution in [-0.2, 0) is 9.47 Å². The fourth-order valence-electron chi connectivity index (χ4n) is 1.83. The molecule has 0 aromatic heterocycles. The molecule has 4 heteroatoms. The molecular formula is C14H22BrNO2. The third-order valence-electron chi connectivity index (χ3n) is 2.89. The van der Waals surface area contributed by atoms with E-state index in [-0.39, 0.29) is 0 Å². The SMILES string of the molecule is COCCNCC(CCOC)c1ccc(Br)cc1. The summed E-state index contributed by atoms with van der Waals surface area (Å²) in [7, 11) is 3.47. The predicted molar refractivity (Wildman–Crippen MR) is 78.1 cm³/mol. The largest absolute Gasteiger partial charge is 0.385 e. The Kier molecular flexibility index (Phi) is 8.25. The van der Waals surface area contributed by atoms with Crippen molar-refractivity contribution in [3.05, 3.63) is 34.3 Å². The maximum atomic E-state index is 5.18. The van der Waals surface area contributed by atoms with Crippen LogP contribution in [0.15, 0.2) is 28.7 Å². The normalized spacial score (nSPS) is 12.6. The highest BCUT2D eigenvalue weighted by molar-refractivity contribution is 9.10. The summed E-state index contributed by atoms with van der Waals surface area (Å²) in [6.45, 7) is 3.37. The summed E-state index contributed by atoms with van der Waals surface area (Å²) in [6.07, 6.45) is 1.03. The van der Waals surface area contributed by atoms with Crippen LogP contribution in [-0.4, -0.2) is 40.5 Å². The van der Waals surface area contributed by atoms with E-state index in [1.165, 1.54) is 5.56 Å². The average molecular weight is 316 g/mol. The number of benzene rings is 1. The van der Waals surface area contributed by atoms with Gasteiger partial charge in [-0.2, -0.15) is 0 Å². The average Bonchev–Trinajstić information content (AvgIpc) is 2.39. The molecule has 0 fully saturated rings. The van der Waals surface area contributed by atoms with Gasteiger partial charge in [-0.3, -0.25) is 0 Å². The fourth-order valence-corrected chi connectivity index (χ4v) is 2.10. The van der Waals surface area contributed by atoms with Gasteiger partial charge in [0.2, 0.25) is 0 Å². The predicted octanol–water partition coefficient (Wildman–Crippen LogP) is 2.81. The first-order valence-corrected chi connectivity index (χ1v) is 7.01. The molecule has 0 saturated carbocycles. The van der Waals surface area contributed by atoms with Gasteiger partial charge in [-0.25, -0.2) is 0 Å². The number of methoxy groups -OCH3 is 2. The molecule has 102 valence electrons. The molecule has 0 bridgehead atoms. The van der Waals surface area contributed by atoms with Gasteiger partial charge in [0.05, 0.1) is 6.61 Å². The van der Waals surface area contributed by atoms with Crippen molar-refractivity contribution in [3.63, 3.8) is 0 Å². The van der Waals surface area contributed by atoms with E-state index in [1.54, 1.807) is 14.2 Å². The lowest BCUT2D eigenvalue weighted by Crippen LogP contribution is -2.25. The van der Waals surface area contributed by atoms with Crippen LogP contribution in [0, 0.1) is 0 Å². The molecule has 18 heavy (non-hydrogen) atoms. The monoisotopic (exact) mass is 315 g/mol. The smallest absolute Gasteiger partial charge is 0.0587 e. The van der Waals surface area contributed by atoms with Crippen molar-refractivity contribution >= 4 is 15.9 Å². The van der Waals surface area contributed by atoms with E-state index in [0.717, 1.165) is 37.2 Å². The van der Waals surface area contributed by atoms with Crippen LogP contribution in [0.3, 0.4) is 0 Å². The van der Waals surface area contributed by atoms with Gasteiger partial charge in [0, 0.05) is 38.4 Å². The van der Waals surface area contributed by atoms with Gasteiger partial charge in [0.1, 0.15) is 0 Å². The Morgan fingerprint density at radius 2 is 1.78 bits per heavy atom. The molecule has 1 N–H and O–H groups in total. The Hall–Kier alpha value is -0.420. The third kappa shape index (κ3) is 5.96. The molecule has 1 atom stereocenters. The highest BCUT2D eigenvalue weighted by atomic mass is 79.9. The van der Waals surface area contributed by atoms with Crippen molar-refractivity contribution in [1.82, 2.24) is 5.32 Å². The highest BCUT2D eigenvalue weighted by Crippen LogP contribution is 2.21. The fraction of sp³-hybridized carbons (Fsp3) is 0.571. The van der Waals surface area contributed by atoms with Gasteiger partial charge < -0.3 is 14.8 Å². The highest BCUT2D eigenvalue weighted by Gasteiger charge is 2.10. The number of hydrogen-bond acceptors (Lipinski definition) is 3. The van der Waals surface area contributed by atoms with Crippen molar-refractivity contribution in [2.24, 2.45) is 0 Å². The standard InChI is InChI=1S/C14H22BrNO2/c1-17-9-7-13(11-16-8-10-18-2)12-3-5-14(15)6-4-12/h3-6,13,16H,7-11H2,1-2H3. The van der Waals surface area contributed by atoms with Gasteiger partial charge in [0.25, 0.3) is 0 Å². The lowest BCUT2D eigenvalue weighted by atomic mass is 9.96. The van der Waals surface area contributed by atoms with Gasteiger partial charge >= 0.3 is 0 Å². The van der Waals surface area contributed by atoms with Gasteiger partial charge in [-0.1, -0.05) is 28.1 Å². The summed E-state index contributed by atoms with van der Waals surface area (Å²) in [5.41, 5.74) is 1.35. The second-order valence-corrected chi connectivity index (χ2v) is 5.14. The van der Waals surface area contributed by atoms with Crippen molar-refractivity contribution in [3.8, 4) is 0 Å². The van der Waals surface area contributed by atoms with Gasteiger partial charge in [-0.05, 0) is 30.0 Å². The second kappa shape index (κ2) is 9.50. The van der Waals surface area contributed by atoms with E-state index in [1.807, 2.05) is 0 Å². The zero-order valence-corrected chi connectivity index (χ0v) is 12.7. The summed E-state index contributed by atoms with van der Waals surface area (Å²) in [4.78, 5) is 0. The Morgan fingerprint density at radius 1 is 1.11 bits per heavy atom. The first-order valence-electron chi connectivity index (χ1n) is 6.22. The van der Waals surface area contributed by atoms with Crippen LogP contribution >= 0.6 is 15.9 Å². The molecule has 0 radical (unpaired) electrons. The van der Waals surface area contributed by atoms with Gasteiger partial charge in [0.15, 0.2) is 0 Å². The number of rotatable bonds is 9. The number of nitrogens with one attached hydrogen (secondary N) is 1. The van der Waals surface area contributed by atoms with Crippen molar-refractivity contribution in [1.29, 1.82) is 0 Å². The van der Waals surface area contributed by atoms with Crippen LogP contribution in [0.4, 0.5) is 0 Å². The van der Waals surface area contributed by atoms with Crippen LogP contribution < -0.4 is 5.32 Å². The van der Waals surface area contributed by atoms with E-state index < -0.39 is 0 Å². The number of halogens is 1. The summed E-state index contributed by atoms with van der Waals surface area (Å²) in [5.74, 6) is 0.481. The molecule has 1 aromatic rings. The zero-order valence-electron chi connectivity index (χ0n) is 11.1. The van der Waals surface area contributed by atoms with E-state index in [2.05, 4.69) is 45.5 Å². The molecule has 0 amide bonds. The maximum Gasteiger partial charge on any atom is 0.0587 e. The molecule has 0 spiro atoms. The molecule has 3 nitrogen and oxygen atoms in total. The van der Waals surface area contributed by atoms with E-state index >= 15 is 0 Å². The molecule has 0 saturated heterocycles. The summed E-state index contributed by atoms with van der Waals surface area (Å²) >= 11 is 3.46. The molecule has 0 aliphatic rings. The topological polar surface area (TPSA) is 30.5 Å². The third-order valence-corrected chi connectivity index (χ3v) is 3.41. The minimum absolute atomic E-state index is 0.481.